The van der Waals surface area contributed by atoms with E-state index in [0.29, 0.717) is 47.3 Å². The van der Waals surface area contributed by atoms with Gasteiger partial charge in [0.15, 0.2) is 11.5 Å². The zero-order valence-corrected chi connectivity index (χ0v) is 20.4. The molecule has 10 nitrogen and oxygen atoms in total. The van der Waals surface area contributed by atoms with Gasteiger partial charge in [-0.1, -0.05) is 6.92 Å². The standard InChI is InChI=1S/C25H32N4O6/c1-15-11-26-16(2)13-33-21-9-17(5-7-19(21)24(30)29(3)12-23(15)32-4)27-25(31)28-18-6-8-20-22(10-18)35-14-34-20/h5-10,15-16,23,26H,11-14H2,1-4H3,(H2,27,28,31)/t15-,16+,23-/m0/s1. The van der Waals surface area contributed by atoms with Crippen LogP contribution in [0.5, 0.6) is 17.2 Å². The Hall–Kier alpha value is -3.50. The van der Waals surface area contributed by atoms with Gasteiger partial charge in [0.25, 0.3) is 5.91 Å². The van der Waals surface area contributed by atoms with E-state index in [4.69, 9.17) is 18.9 Å². The van der Waals surface area contributed by atoms with E-state index < -0.39 is 6.03 Å². The highest BCUT2D eigenvalue weighted by Crippen LogP contribution is 2.34. The van der Waals surface area contributed by atoms with Gasteiger partial charge in [-0.05, 0) is 37.1 Å². The summed E-state index contributed by atoms with van der Waals surface area (Å²) in [6.07, 6.45) is -0.103. The molecule has 0 saturated carbocycles. The first-order valence-electron chi connectivity index (χ1n) is 11.6. The lowest BCUT2D eigenvalue weighted by atomic mass is 10.0. The summed E-state index contributed by atoms with van der Waals surface area (Å²) in [5, 5.41) is 9.02. The number of benzene rings is 2. The summed E-state index contributed by atoms with van der Waals surface area (Å²) in [5.74, 6) is 1.65. The molecule has 0 unspecified atom stereocenters. The molecule has 0 aromatic heterocycles. The second kappa shape index (κ2) is 10.8. The maximum atomic E-state index is 13.2. The van der Waals surface area contributed by atoms with Crippen LogP contribution in [0.1, 0.15) is 24.2 Å². The van der Waals surface area contributed by atoms with Crippen molar-refractivity contribution in [2.75, 3.05) is 51.3 Å². The zero-order chi connectivity index (χ0) is 24.9. The molecule has 0 fully saturated rings. The summed E-state index contributed by atoms with van der Waals surface area (Å²) in [6, 6.07) is 9.78. The van der Waals surface area contributed by atoms with E-state index in [2.05, 4.69) is 22.9 Å². The summed E-state index contributed by atoms with van der Waals surface area (Å²) in [5.41, 5.74) is 1.48. The van der Waals surface area contributed by atoms with Gasteiger partial charge in [-0.25, -0.2) is 4.79 Å². The topological polar surface area (TPSA) is 110 Å². The molecule has 35 heavy (non-hydrogen) atoms. The van der Waals surface area contributed by atoms with Gasteiger partial charge >= 0.3 is 6.03 Å². The van der Waals surface area contributed by atoms with Gasteiger partial charge in [-0.2, -0.15) is 0 Å². The minimum absolute atomic E-state index is 0.0565. The predicted molar refractivity (Wildman–Crippen MR) is 132 cm³/mol. The monoisotopic (exact) mass is 484 g/mol. The highest BCUT2D eigenvalue weighted by molar-refractivity contribution is 6.01. The molecule has 0 bridgehead atoms. The largest absolute Gasteiger partial charge is 0.491 e. The van der Waals surface area contributed by atoms with Crippen LogP contribution in [-0.2, 0) is 4.74 Å². The SMILES string of the molecule is CO[C@H]1CN(C)C(=O)c2ccc(NC(=O)Nc3ccc4c(c3)OCO4)cc2OC[C@@H](C)NC[C@@H]1C. The van der Waals surface area contributed by atoms with Crippen LogP contribution in [0.15, 0.2) is 36.4 Å². The second-order valence-corrected chi connectivity index (χ2v) is 8.92. The first-order valence-corrected chi connectivity index (χ1v) is 11.6. The number of methoxy groups -OCH3 is 1. The van der Waals surface area contributed by atoms with Crippen molar-refractivity contribution in [1.29, 1.82) is 0 Å². The third-order valence-electron chi connectivity index (χ3n) is 6.12. The van der Waals surface area contributed by atoms with E-state index in [9.17, 15) is 9.59 Å². The van der Waals surface area contributed by atoms with Gasteiger partial charge in [0.05, 0.1) is 11.7 Å². The van der Waals surface area contributed by atoms with Crippen LogP contribution in [0.3, 0.4) is 0 Å². The maximum absolute atomic E-state index is 13.2. The molecule has 0 radical (unpaired) electrons. The molecule has 2 aromatic rings. The van der Waals surface area contributed by atoms with Crippen LogP contribution in [0.4, 0.5) is 16.2 Å². The smallest absolute Gasteiger partial charge is 0.323 e. The molecular weight excluding hydrogens is 452 g/mol. The predicted octanol–water partition coefficient (Wildman–Crippen LogP) is 3.15. The minimum atomic E-state index is -0.438. The summed E-state index contributed by atoms with van der Waals surface area (Å²) in [4.78, 5) is 27.5. The third kappa shape index (κ3) is 5.95. The van der Waals surface area contributed by atoms with Crippen molar-refractivity contribution in [3.05, 3.63) is 42.0 Å². The Labute approximate surface area is 204 Å². The van der Waals surface area contributed by atoms with Gasteiger partial charge in [0, 0.05) is 56.8 Å². The molecule has 188 valence electrons. The molecule has 2 aliphatic heterocycles. The van der Waals surface area contributed by atoms with Crippen LogP contribution in [0, 0.1) is 5.92 Å². The average molecular weight is 485 g/mol. The molecule has 0 spiro atoms. The number of amides is 3. The molecule has 0 aliphatic carbocycles. The number of carbonyl (C=O) groups is 2. The summed E-state index contributed by atoms with van der Waals surface area (Å²) >= 11 is 0. The van der Waals surface area contributed by atoms with Crippen LogP contribution in [-0.4, -0.2) is 69.6 Å². The zero-order valence-electron chi connectivity index (χ0n) is 20.4. The average Bonchev–Trinajstić information content (AvgIpc) is 3.31. The third-order valence-corrected chi connectivity index (χ3v) is 6.12. The Morgan fingerprint density at radius 1 is 1.03 bits per heavy atom. The molecule has 4 rings (SSSR count). The van der Waals surface area contributed by atoms with Crippen LogP contribution < -0.4 is 30.2 Å². The van der Waals surface area contributed by atoms with Gasteiger partial charge in [0.1, 0.15) is 12.4 Å². The van der Waals surface area contributed by atoms with Crippen LogP contribution in [0.25, 0.3) is 0 Å². The van der Waals surface area contributed by atoms with Crippen molar-refractivity contribution in [3.8, 4) is 17.2 Å². The van der Waals surface area contributed by atoms with Gasteiger partial charge < -0.3 is 39.8 Å². The van der Waals surface area contributed by atoms with E-state index in [1.807, 2.05) is 6.92 Å². The van der Waals surface area contributed by atoms with Crippen molar-refractivity contribution >= 4 is 23.3 Å². The molecular formula is C25H32N4O6. The van der Waals surface area contributed by atoms with Crippen molar-refractivity contribution in [3.63, 3.8) is 0 Å². The minimum Gasteiger partial charge on any atom is -0.491 e. The van der Waals surface area contributed by atoms with Crippen molar-refractivity contribution in [2.45, 2.75) is 26.0 Å². The number of likely N-dealkylation sites (N-methyl/N-ethyl adjacent to an activating group) is 1. The van der Waals surface area contributed by atoms with E-state index >= 15 is 0 Å². The van der Waals surface area contributed by atoms with Crippen molar-refractivity contribution in [2.24, 2.45) is 5.92 Å². The molecule has 3 atom stereocenters. The fraction of sp³-hybridized carbons (Fsp3) is 0.440. The number of hydrogen-bond acceptors (Lipinski definition) is 7. The number of hydrogen-bond donors (Lipinski definition) is 3. The number of fused-ring (bicyclic) bond motifs is 2. The van der Waals surface area contributed by atoms with Gasteiger partial charge in [-0.15, -0.1) is 0 Å². The lowest BCUT2D eigenvalue weighted by molar-refractivity contribution is 0.0281. The molecule has 3 amide bonds. The second-order valence-electron chi connectivity index (χ2n) is 8.92. The van der Waals surface area contributed by atoms with Gasteiger partial charge in [0.2, 0.25) is 6.79 Å². The van der Waals surface area contributed by atoms with E-state index in [-0.39, 0.29) is 30.8 Å². The number of rotatable bonds is 3. The van der Waals surface area contributed by atoms with E-state index in [0.717, 1.165) is 6.54 Å². The summed E-state index contributed by atoms with van der Waals surface area (Å²) in [6.45, 7) is 5.83. The van der Waals surface area contributed by atoms with Gasteiger partial charge in [-0.3, -0.25) is 4.79 Å². The molecule has 0 saturated heterocycles. The fourth-order valence-electron chi connectivity index (χ4n) is 4.00. The Morgan fingerprint density at radius 3 is 2.46 bits per heavy atom. The van der Waals surface area contributed by atoms with Crippen LogP contribution >= 0.6 is 0 Å². The quantitative estimate of drug-likeness (QED) is 0.614. The lowest BCUT2D eigenvalue weighted by Crippen LogP contribution is -2.44. The Kier molecular flexibility index (Phi) is 7.62. The Morgan fingerprint density at radius 2 is 1.71 bits per heavy atom. The molecule has 2 heterocycles. The lowest BCUT2D eigenvalue weighted by Gasteiger charge is -2.30. The van der Waals surface area contributed by atoms with E-state index in [1.165, 1.54) is 0 Å². The fourth-order valence-corrected chi connectivity index (χ4v) is 4.00. The Balaban J connectivity index is 1.50. The molecule has 10 heteroatoms. The normalized spacial score (nSPS) is 22.3. The summed E-state index contributed by atoms with van der Waals surface area (Å²) in [7, 11) is 3.41. The highest BCUT2D eigenvalue weighted by atomic mass is 16.7. The number of ether oxygens (including phenoxy) is 4. The summed E-state index contributed by atoms with van der Waals surface area (Å²) < 4.78 is 22.3. The van der Waals surface area contributed by atoms with Crippen molar-refractivity contribution in [1.82, 2.24) is 10.2 Å². The molecule has 2 aliphatic rings. The first kappa shape index (κ1) is 24.6. The van der Waals surface area contributed by atoms with E-state index in [1.54, 1.807) is 55.5 Å². The number of urea groups is 1. The number of nitrogens with one attached hydrogen (secondary N) is 3. The Bertz CT molecular complexity index is 1080. The molecule has 2 aromatic carbocycles. The number of anilines is 2. The number of carbonyl (C=O) groups excluding carboxylic acids is 2. The first-order chi connectivity index (χ1) is 16.8. The maximum Gasteiger partial charge on any atom is 0.323 e. The van der Waals surface area contributed by atoms with Crippen LogP contribution in [0.2, 0.25) is 0 Å². The highest BCUT2D eigenvalue weighted by Gasteiger charge is 2.25. The van der Waals surface area contributed by atoms with Crippen molar-refractivity contribution < 1.29 is 28.5 Å². The molecule has 3 N–H and O–H groups in total. The number of nitrogens with zero attached hydrogens (tertiary/aromatic N) is 1.